The molecule has 4 heteroatoms. The fourth-order valence-electron chi connectivity index (χ4n) is 2.90. The summed E-state index contributed by atoms with van der Waals surface area (Å²) in [5.41, 5.74) is 2.19. The van der Waals surface area contributed by atoms with E-state index in [9.17, 15) is 4.79 Å². The van der Waals surface area contributed by atoms with E-state index >= 15 is 0 Å². The van der Waals surface area contributed by atoms with Gasteiger partial charge in [0.25, 0.3) is 5.91 Å². The van der Waals surface area contributed by atoms with Gasteiger partial charge in [0.1, 0.15) is 0 Å². The van der Waals surface area contributed by atoms with Gasteiger partial charge in [-0.05, 0) is 43.9 Å². The third-order valence-electron chi connectivity index (χ3n) is 4.12. The summed E-state index contributed by atoms with van der Waals surface area (Å²) in [5, 5.41) is 0. The molecule has 2 heterocycles. The Morgan fingerprint density at radius 3 is 2.50 bits per heavy atom. The number of piperidine rings is 1. The Labute approximate surface area is 129 Å². The largest absolute Gasteiger partial charge is 0.336 e. The molecule has 0 N–H and O–H groups in total. The van der Waals surface area contributed by atoms with Crippen molar-refractivity contribution in [3.8, 4) is 0 Å². The van der Waals surface area contributed by atoms with E-state index in [1.807, 2.05) is 40.6 Å². The van der Waals surface area contributed by atoms with Crippen LogP contribution in [0.4, 0.5) is 0 Å². The predicted octanol–water partition coefficient (Wildman–Crippen LogP) is 4.18. The molecule has 0 bridgehead atoms. The van der Waals surface area contributed by atoms with Crippen molar-refractivity contribution in [2.24, 2.45) is 0 Å². The number of thioether (sulfide) groups is 2. The zero-order valence-corrected chi connectivity index (χ0v) is 13.5. The lowest BCUT2D eigenvalue weighted by molar-refractivity contribution is 0.0635. The van der Waals surface area contributed by atoms with E-state index in [1.165, 1.54) is 23.5 Å². The monoisotopic (exact) mass is 307 g/mol. The number of benzene rings is 1. The normalized spacial score (nSPS) is 24.1. The number of hydrogen-bond acceptors (Lipinski definition) is 3. The summed E-state index contributed by atoms with van der Waals surface area (Å²) < 4.78 is 0.563. The fraction of sp³-hybridized carbons (Fsp3) is 0.562. The van der Waals surface area contributed by atoms with Crippen LogP contribution in [-0.2, 0) is 0 Å². The van der Waals surface area contributed by atoms with E-state index in [0.29, 0.717) is 10.6 Å². The van der Waals surface area contributed by atoms with Gasteiger partial charge in [-0.15, -0.1) is 23.5 Å². The van der Waals surface area contributed by atoms with E-state index in [4.69, 9.17) is 0 Å². The van der Waals surface area contributed by atoms with Gasteiger partial charge in [-0.2, -0.15) is 0 Å². The number of hydrogen-bond donors (Lipinski definition) is 0. The lowest BCUT2D eigenvalue weighted by atomic mass is 10.0. The number of nitrogens with zero attached hydrogens (tertiary/aromatic N) is 1. The molecule has 0 spiro atoms. The number of rotatable bonds is 2. The van der Waals surface area contributed by atoms with Gasteiger partial charge in [0.05, 0.1) is 4.58 Å². The van der Waals surface area contributed by atoms with Gasteiger partial charge in [-0.1, -0.05) is 12.1 Å². The van der Waals surface area contributed by atoms with Crippen molar-refractivity contribution in [1.82, 2.24) is 4.90 Å². The van der Waals surface area contributed by atoms with E-state index < -0.39 is 0 Å². The van der Waals surface area contributed by atoms with Crippen LogP contribution in [0.25, 0.3) is 0 Å². The zero-order chi connectivity index (χ0) is 13.9. The quantitative estimate of drug-likeness (QED) is 0.817. The molecule has 0 radical (unpaired) electrons. The third-order valence-corrected chi connectivity index (χ3v) is 7.22. The van der Waals surface area contributed by atoms with Crippen LogP contribution in [0.5, 0.6) is 0 Å². The Morgan fingerprint density at radius 2 is 1.85 bits per heavy atom. The molecular formula is C16H21NOS2. The summed E-state index contributed by atoms with van der Waals surface area (Å²) in [5.74, 6) is 2.68. The van der Waals surface area contributed by atoms with Crippen molar-refractivity contribution in [3.63, 3.8) is 0 Å². The van der Waals surface area contributed by atoms with Gasteiger partial charge >= 0.3 is 0 Å². The van der Waals surface area contributed by atoms with Gasteiger partial charge in [0.2, 0.25) is 0 Å². The first-order chi connectivity index (χ1) is 9.75. The summed E-state index contributed by atoms with van der Waals surface area (Å²) in [6.07, 6.45) is 3.53. The highest BCUT2D eigenvalue weighted by molar-refractivity contribution is 8.19. The molecule has 1 atom stereocenters. The fourth-order valence-corrected chi connectivity index (χ4v) is 5.76. The maximum absolute atomic E-state index is 12.6. The van der Waals surface area contributed by atoms with Crippen LogP contribution in [0.1, 0.15) is 46.7 Å². The molecule has 20 heavy (non-hydrogen) atoms. The highest BCUT2D eigenvalue weighted by Gasteiger charge is 2.24. The van der Waals surface area contributed by atoms with E-state index in [2.05, 4.69) is 19.1 Å². The first-order valence-electron chi connectivity index (χ1n) is 7.40. The van der Waals surface area contributed by atoms with Crippen molar-refractivity contribution in [2.75, 3.05) is 18.1 Å². The lowest BCUT2D eigenvalue weighted by Gasteiger charge is -2.33. The van der Waals surface area contributed by atoms with Crippen LogP contribution >= 0.6 is 23.5 Å². The molecule has 0 aliphatic carbocycles. The molecule has 1 unspecified atom stereocenters. The average molecular weight is 307 g/mol. The minimum atomic E-state index is 0.204. The van der Waals surface area contributed by atoms with Crippen LogP contribution in [0, 0.1) is 0 Å². The molecule has 3 rings (SSSR count). The Kier molecular flexibility index (Phi) is 4.61. The van der Waals surface area contributed by atoms with E-state index in [-0.39, 0.29) is 5.91 Å². The topological polar surface area (TPSA) is 20.3 Å². The first-order valence-corrected chi connectivity index (χ1v) is 9.49. The summed E-state index contributed by atoms with van der Waals surface area (Å²) in [6, 6.07) is 8.68. The predicted molar refractivity (Wildman–Crippen MR) is 88.4 cm³/mol. The van der Waals surface area contributed by atoms with Crippen LogP contribution in [0.2, 0.25) is 0 Å². The second-order valence-corrected chi connectivity index (χ2v) is 8.26. The summed E-state index contributed by atoms with van der Waals surface area (Å²) in [6.45, 7) is 3.08. The summed E-state index contributed by atoms with van der Waals surface area (Å²) >= 11 is 4.01. The van der Waals surface area contributed by atoms with Crippen molar-refractivity contribution in [3.05, 3.63) is 35.4 Å². The van der Waals surface area contributed by atoms with Gasteiger partial charge in [-0.25, -0.2) is 0 Å². The number of carbonyl (C=O) groups is 1. The standard InChI is InChI=1S/C16H21NOS2/c1-12-4-2-3-9-17(12)15(18)13-5-7-14(8-6-13)16-19-10-11-20-16/h5-8,12,16H,2-4,9-11H2,1H3. The smallest absolute Gasteiger partial charge is 0.254 e. The molecule has 1 aromatic carbocycles. The Hall–Kier alpha value is -0.610. The number of amides is 1. The van der Waals surface area contributed by atoms with Gasteiger partial charge < -0.3 is 4.90 Å². The molecule has 2 aliphatic heterocycles. The first kappa shape index (κ1) is 14.3. The van der Waals surface area contributed by atoms with Crippen LogP contribution in [0.15, 0.2) is 24.3 Å². The lowest BCUT2D eigenvalue weighted by Crippen LogP contribution is -2.42. The van der Waals surface area contributed by atoms with Crippen LogP contribution < -0.4 is 0 Å². The average Bonchev–Trinajstić information content (AvgIpc) is 3.01. The number of likely N-dealkylation sites (tertiary alicyclic amines) is 1. The van der Waals surface area contributed by atoms with Gasteiger partial charge in [0, 0.05) is 29.7 Å². The van der Waals surface area contributed by atoms with Crippen molar-refractivity contribution < 1.29 is 4.79 Å². The Morgan fingerprint density at radius 1 is 1.15 bits per heavy atom. The maximum atomic E-state index is 12.6. The van der Waals surface area contributed by atoms with E-state index in [1.54, 1.807) is 0 Å². The molecule has 0 saturated carbocycles. The van der Waals surface area contributed by atoms with Crippen molar-refractivity contribution in [1.29, 1.82) is 0 Å². The van der Waals surface area contributed by atoms with Crippen molar-refractivity contribution in [2.45, 2.75) is 36.8 Å². The molecule has 2 nitrogen and oxygen atoms in total. The molecule has 1 aromatic rings. The minimum Gasteiger partial charge on any atom is -0.336 e. The maximum Gasteiger partial charge on any atom is 0.254 e. The highest BCUT2D eigenvalue weighted by atomic mass is 32.2. The second kappa shape index (κ2) is 6.44. The van der Waals surface area contributed by atoms with Crippen molar-refractivity contribution >= 4 is 29.4 Å². The summed E-state index contributed by atoms with van der Waals surface area (Å²) in [7, 11) is 0. The van der Waals surface area contributed by atoms with E-state index in [0.717, 1.165) is 24.9 Å². The van der Waals surface area contributed by atoms with Gasteiger partial charge in [-0.3, -0.25) is 4.79 Å². The third kappa shape index (κ3) is 3.01. The van der Waals surface area contributed by atoms with Crippen LogP contribution in [-0.4, -0.2) is 34.9 Å². The molecule has 108 valence electrons. The Bertz CT molecular complexity index is 468. The molecular weight excluding hydrogens is 286 g/mol. The molecule has 2 saturated heterocycles. The Balaban J connectivity index is 1.71. The van der Waals surface area contributed by atoms with Gasteiger partial charge in [0.15, 0.2) is 0 Å². The second-order valence-electron chi connectivity index (χ2n) is 5.54. The highest BCUT2D eigenvalue weighted by Crippen LogP contribution is 2.45. The SMILES string of the molecule is CC1CCCCN1C(=O)c1ccc(C2SCCS2)cc1. The molecule has 2 fully saturated rings. The minimum absolute atomic E-state index is 0.204. The molecule has 2 aliphatic rings. The summed E-state index contributed by atoms with van der Waals surface area (Å²) in [4.78, 5) is 14.6. The molecule has 1 amide bonds. The zero-order valence-electron chi connectivity index (χ0n) is 11.9. The van der Waals surface area contributed by atoms with Crippen LogP contribution in [0.3, 0.4) is 0 Å². The number of carbonyl (C=O) groups excluding carboxylic acids is 1. The molecule has 0 aromatic heterocycles.